The van der Waals surface area contributed by atoms with Crippen molar-refractivity contribution in [3.63, 3.8) is 0 Å². The first-order valence-electron chi connectivity index (χ1n) is 7.58. The molecule has 0 aliphatic heterocycles. The van der Waals surface area contributed by atoms with Crippen LogP contribution in [0.25, 0.3) is 10.9 Å². The highest BCUT2D eigenvalue weighted by atomic mass is 32.1. The minimum absolute atomic E-state index is 0.118. The highest BCUT2D eigenvalue weighted by Crippen LogP contribution is 2.18. The summed E-state index contributed by atoms with van der Waals surface area (Å²) in [4.78, 5) is 29.8. The fourth-order valence-corrected chi connectivity index (χ4v) is 2.94. The highest BCUT2D eigenvalue weighted by molar-refractivity contribution is 7.71. The van der Waals surface area contributed by atoms with Crippen LogP contribution in [-0.2, 0) is 0 Å². The third-order valence-electron chi connectivity index (χ3n) is 4.00. The van der Waals surface area contributed by atoms with Crippen LogP contribution in [0.15, 0.2) is 47.3 Å². The Morgan fingerprint density at radius 2 is 1.92 bits per heavy atom. The zero-order valence-electron chi connectivity index (χ0n) is 13.3. The summed E-state index contributed by atoms with van der Waals surface area (Å²) >= 11 is 4.97. The smallest absolute Gasteiger partial charge is 0.259 e. The zero-order chi connectivity index (χ0) is 17.3. The summed E-state index contributed by atoms with van der Waals surface area (Å²) in [5.74, 6) is -0.202. The van der Waals surface area contributed by atoms with Gasteiger partial charge >= 0.3 is 0 Å². The second kappa shape index (κ2) is 6.41. The summed E-state index contributed by atoms with van der Waals surface area (Å²) in [6.07, 6.45) is 0. The Labute approximate surface area is 143 Å². The van der Waals surface area contributed by atoms with Gasteiger partial charge in [-0.1, -0.05) is 24.3 Å². The molecule has 1 amide bonds. The first kappa shape index (κ1) is 16.1. The van der Waals surface area contributed by atoms with Crippen LogP contribution >= 0.6 is 12.2 Å². The lowest BCUT2D eigenvalue weighted by Crippen LogP contribution is -2.27. The van der Waals surface area contributed by atoms with E-state index < -0.39 is 0 Å². The number of rotatable bonds is 3. The van der Waals surface area contributed by atoms with Crippen LogP contribution in [0.4, 0.5) is 0 Å². The number of aromatic amines is 2. The number of hydrogen-bond donors (Lipinski definition) is 3. The molecule has 6 heteroatoms. The molecule has 0 saturated carbocycles. The van der Waals surface area contributed by atoms with Gasteiger partial charge in [0, 0.05) is 5.56 Å². The molecule has 122 valence electrons. The van der Waals surface area contributed by atoms with Gasteiger partial charge in [0.05, 0.1) is 16.9 Å². The maximum Gasteiger partial charge on any atom is 0.259 e. The molecule has 0 radical (unpaired) electrons. The number of amides is 1. The van der Waals surface area contributed by atoms with E-state index in [1.807, 2.05) is 38.1 Å². The molecule has 0 fully saturated rings. The van der Waals surface area contributed by atoms with Gasteiger partial charge in [0.2, 0.25) is 0 Å². The fraction of sp³-hybridized carbons (Fsp3) is 0.167. The SMILES string of the molecule is Cc1ccccc1C(C)NC(=O)c1ccc2c(=O)[nH]c(=S)[nH]c2c1. The monoisotopic (exact) mass is 339 g/mol. The number of hydrogen-bond acceptors (Lipinski definition) is 3. The summed E-state index contributed by atoms with van der Waals surface area (Å²) < 4.78 is 0.235. The Balaban J connectivity index is 1.90. The summed E-state index contributed by atoms with van der Waals surface area (Å²) in [5.41, 5.74) is 2.94. The molecule has 5 nitrogen and oxygen atoms in total. The number of aromatic nitrogens is 2. The molecule has 0 bridgehead atoms. The standard InChI is InChI=1S/C18H17N3O2S/c1-10-5-3-4-6-13(10)11(2)19-16(22)12-7-8-14-15(9-12)20-18(24)21-17(14)23/h3-9,11H,1-2H3,(H,19,22)(H2,20,21,23,24). The van der Waals surface area contributed by atoms with Gasteiger partial charge in [0.25, 0.3) is 11.5 Å². The fourth-order valence-electron chi connectivity index (χ4n) is 2.74. The average molecular weight is 339 g/mol. The van der Waals surface area contributed by atoms with E-state index in [0.717, 1.165) is 11.1 Å². The van der Waals surface area contributed by atoms with Gasteiger partial charge in [-0.25, -0.2) is 0 Å². The van der Waals surface area contributed by atoms with Crippen molar-refractivity contribution in [3.05, 3.63) is 74.3 Å². The molecule has 1 heterocycles. The van der Waals surface area contributed by atoms with Crippen molar-refractivity contribution in [1.29, 1.82) is 0 Å². The van der Waals surface area contributed by atoms with Crippen LogP contribution in [-0.4, -0.2) is 15.9 Å². The molecule has 1 unspecified atom stereocenters. The molecule has 0 aliphatic rings. The molecule has 1 atom stereocenters. The van der Waals surface area contributed by atoms with Crippen molar-refractivity contribution in [1.82, 2.24) is 15.3 Å². The first-order chi connectivity index (χ1) is 11.5. The summed E-state index contributed by atoms with van der Waals surface area (Å²) in [6.45, 7) is 3.96. The third-order valence-corrected chi connectivity index (χ3v) is 4.21. The van der Waals surface area contributed by atoms with Crippen LogP contribution in [0.5, 0.6) is 0 Å². The lowest BCUT2D eigenvalue weighted by Gasteiger charge is -2.16. The minimum Gasteiger partial charge on any atom is -0.346 e. The Hall–Kier alpha value is -2.73. The number of benzene rings is 2. The van der Waals surface area contributed by atoms with E-state index in [2.05, 4.69) is 15.3 Å². The lowest BCUT2D eigenvalue weighted by molar-refractivity contribution is 0.0940. The Kier molecular flexibility index (Phi) is 4.31. The van der Waals surface area contributed by atoms with Gasteiger partial charge in [-0.15, -0.1) is 0 Å². The molecule has 1 aromatic heterocycles. The second-order valence-electron chi connectivity index (χ2n) is 5.72. The topological polar surface area (TPSA) is 77.8 Å². The molecule has 0 saturated heterocycles. The predicted molar refractivity (Wildman–Crippen MR) is 96.8 cm³/mol. The molecule has 3 N–H and O–H groups in total. The molecular formula is C18H17N3O2S. The summed E-state index contributed by atoms with van der Waals surface area (Å²) in [6, 6.07) is 12.7. The van der Waals surface area contributed by atoms with E-state index in [9.17, 15) is 9.59 Å². The van der Waals surface area contributed by atoms with Gasteiger partial charge in [0.1, 0.15) is 0 Å². The highest BCUT2D eigenvalue weighted by Gasteiger charge is 2.13. The van der Waals surface area contributed by atoms with Gasteiger partial charge in [-0.2, -0.15) is 0 Å². The van der Waals surface area contributed by atoms with E-state index in [-0.39, 0.29) is 22.3 Å². The van der Waals surface area contributed by atoms with Crippen LogP contribution < -0.4 is 10.9 Å². The summed E-state index contributed by atoms with van der Waals surface area (Å²) in [7, 11) is 0. The quantitative estimate of drug-likeness (QED) is 0.640. The maximum atomic E-state index is 12.5. The van der Waals surface area contributed by atoms with Crippen molar-refractivity contribution < 1.29 is 4.79 Å². The first-order valence-corrected chi connectivity index (χ1v) is 7.99. The van der Waals surface area contributed by atoms with E-state index in [4.69, 9.17) is 12.2 Å². The number of carbonyl (C=O) groups is 1. The minimum atomic E-state index is -0.269. The van der Waals surface area contributed by atoms with Crippen molar-refractivity contribution in [2.24, 2.45) is 0 Å². The number of carbonyl (C=O) groups excluding carboxylic acids is 1. The van der Waals surface area contributed by atoms with E-state index in [1.54, 1.807) is 18.2 Å². The number of fused-ring (bicyclic) bond motifs is 1. The van der Waals surface area contributed by atoms with E-state index in [1.165, 1.54) is 0 Å². The number of nitrogens with one attached hydrogen (secondary N) is 3. The molecule has 2 aromatic carbocycles. The van der Waals surface area contributed by atoms with E-state index >= 15 is 0 Å². The summed E-state index contributed by atoms with van der Waals surface area (Å²) in [5, 5.41) is 3.45. The van der Waals surface area contributed by atoms with Gasteiger partial charge in [0.15, 0.2) is 4.77 Å². The Morgan fingerprint density at radius 3 is 2.67 bits per heavy atom. The van der Waals surface area contributed by atoms with Crippen molar-refractivity contribution in [2.75, 3.05) is 0 Å². The van der Waals surface area contributed by atoms with Crippen LogP contribution in [0.3, 0.4) is 0 Å². The maximum absolute atomic E-state index is 12.5. The van der Waals surface area contributed by atoms with Crippen molar-refractivity contribution in [3.8, 4) is 0 Å². The average Bonchev–Trinajstić information content (AvgIpc) is 2.54. The molecule has 3 rings (SSSR count). The Morgan fingerprint density at radius 1 is 1.17 bits per heavy atom. The largest absolute Gasteiger partial charge is 0.346 e. The molecule has 24 heavy (non-hydrogen) atoms. The second-order valence-corrected chi connectivity index (χ2v) is 6.13. The van der Waals surface area contributed by atoms with E-state index in [0.29, 0.717) is 16.5 Å². The zero-order valence-corrected chi connectivity index (χ0v) is 14.2. The lowest BCUT2D eigenvalue weighted by atomic mass is 10.0. The predicted octanol–water partition coefficient (Wildman–Crippen LogP) is 3.39. The van der Waals surface area contributed by atoms with Crippen molar-refractivity contribution >= 4 is 29.0 Å². The normalized spacial score (nSPS) is 12.1. The van der Waals surface area contributed by atoms with Gasteiger partial charge in [-0.3, -0.25) is 14.6 Å². The van der Waals surface area contributed by atoms with Crippen LogP contribution in [0.2, 0.25) is 0 Å². The van der Waals surface area contributed by atoms with Crippen LogP contribution in [0, 0.1) is 11.7 Å². The molecule has 3 aromatic rings. The number of aryl methyl sites for hydroxylation is 1. The molecular weight excluding hydrogens is 322 g/mol. The molecule has 0 spiro atoms. The van der Waals surface area contributed by atoms with Gasteiger partial charge < -0.3 is 10.3 Å². The van der Waals surface area contributed by atoms with Crippen LogP contribution in [0.1, 0.15) is 34.5 Å². The molecule has 0 aliphatic carbocycles. The number of H-pyrrole nitrogens is 2. The van der Waals surface area contributed by atoms with Gasteiger partial charge in [-0.05, 0) is 55.4 Å². The van der Waals surface area contributed by atoms with Crippen molar-refractivity contribution in [2.45, 2.75) is 19.9 Å². The third kappa shape index (κ3) is 3.14. The Bertz CT molecular complexity index is 1040.